The van der Waals surface area contributed by atoms with Crippen molar-refractivity contribution in [2.75, 3.05) is 5.75 Å². The second-order valence-corrected chi connectivity index (χ2v) is 8.44. The molecule has 1 amide bonds. The van der Waals surface area contributed by atoms with Gasteiger partial charge in [-0.1, -0.05) is 47.6 Å². The Morgan fingerprint density at radius 1 is 1.09 bits per heavy atom. The fraction of sp³-hybridized carbons (Fsp3) is 0.0833. The third-order valence-electron chi connectivity index (χ3n) is 4.77. The third kappa shape index (κ3) is 5.30. The first-order chi connectivity index (χ1) is 15.9. The average Bonchev–Trinajstić information content (AvgIpc) is 2.82. The lowest BCUT2D eigenvalue weighted by Crippen LogP contribution is -2.24. The highest BCUT2D eigenvalue weighted by Gasteiger charge is 2.15. The Morgan fingerprint density at radius 3 is 2.52 bits per heavy atom. The standard InChI is InChI=1S/C24H18ClFN4O2S/c1-15(16-6-10-18(26)11-7-16)28-29-22(31)14-33-24-27-21-5-3-2-4-20(21)23(32)30(24)19-12-8-17(25)9-13-19/h2-13H,14H2,1H3,(H,29,31). The molecule has 0 spiro atoms. The van der Waals surface area contributed by atoms with Gasteiger partial charge in [0.1, 0.15) is 5.82 Å². The Bertz CT molecular complexity index is 1400. The molecule has 3 aromatic carbocycles. The summed E-state index contributed by atoms with van der Waals surface area (Å²) in [6, 6.07) is 19.7. The molecule has 166 valence electrons. The first-order valence-corrected chi connectivity index (χ1v) is 11.3. The van der Waals surface area contributed by atoms with Gasteiger partial charge < -0.3 is 0 Å². The summed E-state index contributed by atoms with van der Waals surface area (Å²) in [5.41, 5.74) is 4.61. The summed E-state index contributed by atoms with van der Waals surface area (Å²) in [6.07, 6.45) is 0. The van der Waals surface area contributed by atoms with E-state index in [1.165, 1.54) is 16.7 Å². The van der Waals surface area contributed by atoms with E-state index in [0.29, 0.717) is 38.0 Å². The molecule has 4 aromatic rings. The molecule has 0 fully saturated rings. The van der Waals surface area contributed by atoms with Crippen molar-refractivity contribution in [2.45, 2.75) is 12.1 Å². The number of thioether (sulfide) groups is 1. The van der Waals surface area contributed by atoms with Gasteiger partial charge in [0, 0.05) is 5.02 Å². The summed E-state index contributed by atoms with van der Waals surface area (Å²) in [7, 11) is 0. The zero-order chi connectivity index (χ0) is 23.4. The van der Waals surface area contributed by atoms with Crippen LogP contribution >= 0.6 is 23.4 Å². The number of hydrogen-bond donors (Lipinski definition) is 1. The van der Waals surface area contributed by atoms with Gasteiger partial charge in [-0.05, 0) is 61.0 Å². The number of benzene rings is 3. The largest absolute Gasteiger partial charge is 0.272 e. The predicted octanol–water partition coefficient (Wildman–Crippen LogP) is 4.81. The molecule has 1 N–H and O–H groups in total. The van der Waals surface area contributed by atoms with Gasteiger partial charge in [0.25, 0.3) is 11.5 Å². The minimum Gasteiger partial charge on any atom is -0.272 e. The topological polar surface area (TPSA) is 76.3 Å². The Balaban J connectivity index is 1.57. The number of hydrogen-bond acceptors (Lipinski definition) is 5. The van der Waals surface area contributed by atoms with E-state index in [1.54, 1.807) is 67.6 Å². The van der Waals surface area contributed by atoms with Crippen LogP contribution in [0.5, 0.6) is 0 Å². The molecule has 9 heteroatoms. The van der Waals surface area contributed by atoms with Crippen LogP contribution in [-0.4, -0.2) is 26.9 Å². The van der Waals surface area contributed by atoms with Crippen LogP contribution in [0.1, 0.15) is 12.5 Å². The number of aromatic nitrogens is 2. The molecular formula is C24H18ClFN4O2S. The van der Waals surface area contributed by atoms with Crippen molar-refractivity contribution in [1.82, 2.24) is 15.0 Å². The van der Waals surface area contributed by atoms with Crippen LogP contribution in [0, 0.1) is 5.82 Å². The average molecular weight is 481 g/mol. The molecular weight excluding hydrogens is 463 g/mol. The maximum atomic E-state index is 13.2. The highest BCUT2D eigenvalue weighted by Crippen LogP contribution is 2.22. The number of nitrogens with one attached hydrogen (secondary N) is 1. The fourth-order valence-electron chi connectivity index (χ4n) is 3.09. The van der Waals surface area contributed by atoms with Crippen molar-refractivity contribution < 1.29 is 9.18 Å². The van der Waals surface area contributed by atoms with E-state index >= 15 is 0 Å². The zero-order valence-electron chi connectivity index (χ0n) is 17.5. The molecule has 0 saturated heterocycles. The van der Waals surface area contributed by atoms with E-state index in [1.807, 2.05) is 0 Å². The van der Waals surface area contributed by atoms with Crippen LogP contribution < -0.4 is 11.0 Å². The molecule has 0 unspecified atom stereocenters. The quantitative estimate of drug-likeness (QED) is 0.186. The molecule has 4 rings (SSSR count). The number of hydrazone groups is 1. The molecule has 0 bridgehead atoms. The van der Waals surface area contributed by atoms with E-state index in [4.69, 9.17) is 11.6 Å². The smallest absolute Gasteiger partial charge is 0.266 e. The van der Waals surface area contributed by atoms with E-state index < -0.39 is 0 Å². The second-order valence-electron chi connectivity index (χ2n) is 7.06. The minimum atomic E-state index is -0.369. The van der Waals surface area contributed by atoms with E-state index in [-0.39, 0.29) is 23.0 Å². The summed E-state index contributed by atoms with van der Waals surface area (Å²) in [5, 5.41) is 5.46. The van der Waals surface area contributed by atoms with Gasteiger partial charge in [-0.2, -0.15) is 5.10 Å². The van der Waals surface area contributed by atoms with Crippen molar-refractivity contribution in [1.29, 1.82) is 0 Å². The van der Waals surface area contributed by atoms with Gasteiger partial charge >= 0.3 is 0 Å². The molecule has 0 radical (unpaired) electrons. The SMILES string of the molecule is CC(=NNC(=O)CSc1nc2ccccc2c(=O)n1-c1ccc(Cl)cc1)c1ccc(F)cc1. The van der Waals surface area contributed by atoms with Crippen LogP contribution in [0.15, 0.2) is 87.8 Å². The normalized spacial score (nSPS) is 11.5. The predicted molar refractivity (Wildman–Crippen MR) is 130 cm³/mol. The van der Waals surface area contributed by atoms with Crippen LogP contribution in [0.2, 0.25) is 5.02 Å². The molecule has 6 nitrogen and oxygen atoms in total. The number of fused-ring (bicyclic) bond motifs is 1. The Kier molecular flexibility index (Phi) is 6.86. The number of carbonyl (C=O) groups excluding carboxylic acids is 1. The summed E-state index contributed by atoms with van der Waals surface area (Å²) < 4.78 is 14.5. The molecule has 1 aromatic heterocycles. The Hall–Kier alpha value is -3.49. The van der Waals surface area contributed by atoms with Crippen LogP contribution in [0.4, 0.5) is 4.39 Å². The van der Waals surface area contributed by atoms with Crippen molar-refractivity contribution in [3.63, 3.8) is 0 Å². The lowest BCUT2D eigenvalue weighted by atomic mass is 10.1. The lowest BCUT2D eigenvalue weighted by Gasteiger charge is -2.13. The highest BCUT2D eigenvalue weighted by molar-refractivity contribution is 7.99. The number of carbonyl (C=O) groups is 1. The van der Waals surface area contributed by atoms with Gasteiger partial charge in [0.15, 0.2) is 5.16 Å². The molecule has 33 heavy (non-hydrogen) atoms. The Labute approximate surface area is 198 Å². The van der Waals surface area contributed by atoms with Gasteiger partial charge in [0.2, 0.25) is 0 Å². The second kappa shape index (κ2) is 9.97. The van der Waals surface area contributed by atoms with Crippen LogP contribution in [0.25, 0.3) is 16.6 Å². The zero-order valence-corrected chi connectivity index (χ0v) is 19.0. The number of halogens is 2. The van der Waals surface area contributed by atoms with Gasteiger partial charge in [0.05, 0.1) is 28.1 Å². The summed E-state index contributed by atoms with van der Waals surface area (Å²) in [6.45, 7) is 1.71. The molecule has 0 aliphatic heterocycles. The molecule has 0 saturated carbocycles. The molecule has 0 aliphatic rings. The minimum absolute atomic E-state index is 0.0153. The molecule has 0 atom stereocenters. The van der Waals surface area contributed by atoms with Gasteiger partial charge in [-0.3, -0.25) is 14.2 Å². The van der Waals surface area contributed by atoms with E-state index in [2.05, 4.69) is 15.5 Å². The van der Waals surface area contributed by atoms with E-state index in [0.717, 1.165) is 11.8 Å². The van der Waals surface area contributed by atoms with Crippen molar-refractivity contribution >= 4 is 45.9 Å². The number of rotatable bonds is 6. The first-order valence-electron chi connectivity index (χ1n) is 9.92. The summed E-state index contributed by atoms with van der Waals surface area (Å²) >= 11 is 7.12. The monoisotopic (exact) mass is 480 g/mol. The molecule has 1 heterocycles. The lowest BCUT2D eigenvalue weighted by molar-refractivity contribution is -0.118. The maximum Gasteiger partial charge on any atom is 0.266 e. The van der Waals surface area contributed by atoms with Crippen LogP contribution in [0.3, 0.4) is 0 Å². The highest BCUT2D eigenvalue weighted by atomic mass is 35.5. The van der Waals surface area contributed by atoms with Gasteiger partial charge in [-0.15, -0.1) is 0 Å². The van der Waals surface area contributed by atoms with Crippen LogP contribution in [-0.2, 0) is 4.79 Å². The first kappa shape index (κ1) is 22.7. The molecule has 0 aliphatic carbocycles. The van der Waals surface area contributed by atoms with E-state index in [9.17, 15) is 14.0 Å². The third-order valence-corrected chi connectivity index (χ3v) is 5.96. The fourth-order valence-corrected chi connectivity index (χ4v) is 4.02. The van der Waals surface area contributed by atoms with Gasteiger partial charge in [-0.25, -0.2) is 14.8 Å². The maximum absolute atomic E-state index is 13.2. The summed E-state index contributed by atoms with van der Waals surface area (Å²) in [5.74, 6) is -0.730. The number of amides is 1. The Morgan fingerprint density at radius 2 is 1.79 bits per heavy atom. The van der Waals surface area contributed by atoms with Crippen molar-refractivity contribution in [2.24, 2.45) is 5.10 Å². The summed E-state index contributed by atoms with van der Waals surface area (Å²) in [4.78, 5) is 30.2. The number of nitrogens with zero attached hydrogens (tertiary/aromatic N) is 3. The number of para-hydroxylation sites is 1. The van der Waals surface area contributed by atoms with Crippen molar-refractivity contribution in [3.05, 3.63) is 99.6 Å². The van der Waals surface area contributed by atoms with Crippen molar-refractivity contribution in [3.8, 4) is 5.69 Å².